The van der Waals surface area contributed by atoms with E-state index in [1.807, 2.05) is 78.7 Å². The minimum absolute atomic E-state index is 0.540. The number of hydrogen-bond donors (Lipinski definition) is 1. The smallest absolute Gasteiger partial charge is 0.229 e. The molecule has 0 radical (unpaired) electrons. The SMILES string of the molecule is CN(c1ccccc1)c1ccnc(Nc2cccc3cccnc23)n1. The third-order valence-electron chi connectivity index (χ3n) is 4.01. The first-order valence-electron chi connectivity index (χ1n) is 8.04. The van der Waals surface area contributed by atoms with E-state index in [9.17, 15) is 0 Å². The average molecular weight is 327 g/mol. The second-order valence-electron chi connectivity index (χ2n) is 5.64. The molecule has 0 amide bonds. The molecule has 0 spiro atoms. The Morgan fingerprint density at radius 3 is 2.52 bits per heavy atom. The second kappa shape index (κ2) is 6.57. The highest BCUT2D eigenvalue weighted by Crippen LogP contribution is 2.25. The molecule has 2 aromatic carbocycles. The molecule has 25 heavy (non-hydrogen) atoms. The van der Waals surface area contributed by atoms with E-state index in [0.717, 1.165) is 28.1 Å². The zero-order valence-corrected chi connectivity index (χ0v) is 13.8. The van der Waals surface area contributed by atoms with Gasteiger partial charge in [0, 0.05) is 30.5 Å². The van der Waals surface area contributed by atoms with Crippen molar-refractivity contribution in [1.82, 2.24) is 15.0 Å². The van der Waals surface area contributed by atoms with Crippen LogP contribution in [0.25, 0.3) is 10.9 Å². The second-order valence-corrected chi connectivity index (χ2v) is 5.64. The molecule has 5 heteroatoms. The molecule has 4 rings (SSSR count). The van der Waals surface area contributed by atoms with Crippen molar-refractivity contribution in [1.29, 1.82) is 0 Å². The molecule has 2 aromatic heterocycles. The summed E-state index contributed by atoms with van der Waals surface area (Å²) in [7, 11) is 1.99. The lowest BCUT2D eigenvalue weighted by Gasteiger charge is -2.18. The molecule has 0 aliphatic heterocycles. The van der Waals surface area contributed by atoms with Crippen LogP contribution in [0.2, 0.25) is 0 Å². The Balaban J connectivity index is 1.66. The number of para-hydroxylation sites is 2. The van der Waals surface area contributed by atoms with E-state index in [2.05, 4.69) is 20.3 Å². The summed E-state index contributed by atoms with van der Waals surface area (Å²) in [4.78, 5) is 15.4. The van der Waals surface area contributed by atoms with Crippen LogP contribution in [0.5, 0.6) is 0 Å². The third kappa shape index (κ3) is 3.12. The molecule has 0 aliphatic carbocycles. The minimum atomic E-state index is 0.540. The molecule has 0 aliphatic rings. The lowest BCUT2D eigenvalue weighted by Crippen LogP contribution is -2.12. The number of hydrogen-bond acceptors (Lipinski definition) is 5. The fourth-order valence-electron chi connectivity index (χ4n) is 2.71. The first-order valence-corrected chi connectivity index (χ1v) is 8.04. The van der Waals surface area contributed by atoms with Crippen molar-refractivity contribution >= 4 is 34.0 Å². The third-order valence-corrected chi connectivity index (χ3v) is 4.01. The maximum atomic E-state index is 4.63. The summed E-state index contributed by atoms with van der Waals surface area (Å²) >= 11 is 0. The predicted molar refractivity (Wildman–Crippen MR) is 102 cm³/mol. The topological polar surface area (TPSA) is 53.9 Å². The Morgan fingerprint density at radius 1 is 0.800 bits per heavy atom. The van der Waals surface area contributed by atoms with Crippen molar-refractivity contribution in [3.05, 3.63) is 79.1 Å². The zero-order chi connectivity index (χ0) is 17.1. The van der Waals surface area contributed by atoms with E-state index in [0.29, 0.717) is 5.95 Å². The highest BCUT2D eigenvalue weighted by atomic mass is 15.2. The number of benzene rings is 2. The fourth-order valence-corrected chi connectivity index (χ4v) is 2.71. The van der Waals surface area contributed by atoms with Crippen molar-refractivity contribution in [2.45, 2.75) is 0 Å². The van der Waals surface area contributed by atoms with Crippen LogP contribution >= 0.6 is 0 Å². The molecule has 4 aromatic rings. The zero-order valence-electron chi connectivity index (χ0n) is 13.8. The molecule has 0 saturated carbocycles. The Hall–Kier alpha value is -3.47. The van der Waals surface area contributed by atoms with Crippen LogP contribution in [0.4, 0.5) is 23.1 Å². The van der Waals surface area contributed by atoms with Crippen molar-refractivity contribution in [3.63, 3.8) is 0 Å². The van der Waals surface area contributed by atoms with Gasteiger partial charge in [-0.1, -0.05) is 36.4 Å². The standard InChI is InChI=1S/C20H17N5/c1-25(16-9-3-2-4-10-16)18-12-14-22-20(24-18)23-17-11-5-7-15-8-6-13-21-19(15)17/h2-14H,1H3,(H,22,23,24). The summed E-state index contributed by atoms with van der Waals surface area (Å²) in [6.07, 6.45) is 3.54. The highest BCUT2D eigenvalue weighted by molar-refractivity contribution is 5.91. The van der Waals surface area contributed by atoms with Gasteiger partial charge >= 0.3 is 0 Å². The van der Waals surface area contributed by atoms with Gasteiger partial charge in [0.2, 0.25) is 5.95 Å². The molecule has 0 unspecified atom stereocenters. The molecular weight excluding hydrogens is 310 g/mol. The van der Waals surface area contributed by atoms with E-state index >= 15 is 0 Å². The van der Waals surface area contributed by atoms with E-state index in [-0.39, 0.29) is 0 Å². The lowest BCUT2D eigenvalue weighted by molar-refractivity contribution is 1.08. The maximum Gasteiger partial charge on any atom is 0.229 e. The molecule has 1 N–H and O–H groups in total. The maximum absolute atomic E-state index is 4.63. The number of rotatable bonds is 4. The van der Waals surface area contributed by atoms with Gasteiger partial charge < -0.3 is 10.2 Å². The molecule has 0 fully saturated rings. The van der Waals surface area contributed by atoms with E-state index in [1.54, 1.807) is 12.4 Å². The van der Waals surface area contributed by atoms with Gasteiger partial charge in [0.1, 0.15) is 5.82 Å². The fraction of sp³-hybridized carbons (Fsp3) is 0.0500. The Morgan fingerprint density at radius 2 is 1.64 bits per heavy atom. The highest BCUT2D eigenvalue weighted by Gasteiger charge is 2.08. The predicted octanol–water partition coefficient (Wildman–Crippen LogP) is 4.54. The number of pyridine rings is 1. The normalized spacial score (nSPS) is 10.6. The van der Waals surface area contributed by atoms with Gasteiger partial charge in [0.25, 0.3) is 0 Å². The average Bonchev–Trinajstić information content (AvgIpc) is 2.69. The lowest BCUT2D eigenvalue weighted by atomic mass is 10.2. The van der Waals surface area contributed by atoms with Crippen LogP contribution in [0.1, 0.15) is 0 Å². The van der Waals surface area contributed by atoms with Gasteiger partial charge in [-0.2, -0.15) is 4.98 Å². The van der Waals surface area contributed by atoms with E-state index in [4.69, 9.17) is 0 Å². The van der Waals surface area contributed by atoms with Gasteiger partial charge in [-0.25, -0.2) is 4.98 Å². The van der Waals surface area contributed by atoms with Crippen molar-refractivity contribution in [2.24, 2.45) is 0 Å². The van der Waals surface area contributed by atoms with Crippen molar-refractivity contribution < 1.29 is 0 Å². The quantitative estimate of drug-likeness (QED) is 0.596. The molecule has 2 heterocycles. The van der Waals surface area contributed by atoms with Crippen LogP contribution in [-0.4, -0.2) is 22.0 Å². The van der Waals surface area contributed by atoms with Crippen molar-refractivity contribution in [3.8, 4) is 0 Å². The Bertz CT molecular complexity index is 996. The molecule has 5 nitrogen and oxygen atoms in total. The first-order chi connectivity index (χ1) is 12.3. The van der Waals surface area contributed by atoms with E-state index < -0.39 is 0 Å². The van der Waals surface area contributed by atoms with Crippen LogP contribution < -0.4 is 10.2 Å². The number of fused-ring (bicyclic) bond motifs is 1. The largest absolute Gasteiger partial charge is 0.329 e. The van der Waals surface area contributed by atoms with Crippen LogP contribution in [0, 0.1) is 0 Å². The van der Waals surface area contributed by atoms with E-state index in [1.165, 1.54) is 0 Å². The van der Waals surface area contributed by atoms with Gasteiger partial charge in [0.15, 0.2) is 0 Å². The molecule has 0 atom stereocenters. The van der Waals surface area contributed by atoms with Gasteiger partial charge in [0.05, 0.1) is 11.2 Å². The molecule has 122 valence electrons. The summed E-state index contributed by atoms with van der Waals surface area (Å²) in [5.74, 6) is 1.36. The molecule has 0 saturated heterocycles. The molecule has 0 bridgehead atoms. The number of aromatic nitrogens is 3. The van der Waals surface area contributed by atoms with Crippen LogP contribution in [0.15, 0.2) is 79.1 Å². The summed E-state index contributed by atoms with van der Waals surface area (Å²) in [6, 6.07) is 22.0. The number of nitrogens with one attached hydrogen (secondary N) is 1. The van der Waals surface area contributed by atoms with Crippen LogP contribution in [0.3, 0.4) is 0 Å². The number of nitrogens with zero attached hydrogens (tertiary/aromatic N) is 4. The van der Waals surface area contributed by atoms with Gasteiger partial charge in [-0.3, -0.25) is 4.98 Å². The first kappa shape index (κ1) is 15.1. The summed E-state index contributed by atoms with van der Waals surface area (Å²) in [6.45, 7) is 0. The van der Waals surface area contributed by atoms with Crippen molar-refractivity contribution in [2.75, 3.05) is 17.3 Å². The summed E-state index contributed by atoms with van der Waals surface area (Å²) in [5, 5.41) is 4.36. The monoisotopic (exact) mass is 327 g/mol. The summed E-state index contributed by atoms with van der Waals surface area (Å²) < 4.78 is 0. The molecular formula is C20H17N5. The minimum Gasteiger partial charge on any atom is -0.329 e. The van der Waals surface area contributed by atoms with Gasteiger partial charge in [-0.15, -0.1) is 0 Å². The number of anilines is 4. The van der Waals surface area contributed by atoms with Gasteiger partial charge in [-0.05, 0) is 30.3 Å². The Kier molecular flexibility index (Phi) is 3.96. The summed E-state index contributed by atoms with van der Waals surface area (Å²) in [5.41, 5.74) is 2.85. The Labute approximate surface area is 146 Å². The van der Waals surface area contributed by atoms with Crippen LogP contribution in [-0.2, 0) is 0 Å².